The normalized spacial score (nSPS) is 22.9. The van der Waals surface area contributed by atoms with E-state index in [4.69, 9.17) is 9.47 Å². The molecule has 1 aliphatic rings. The Morgan fingerprint density at radius 1 is 1.23 bits per heavy atom. The fourth-order valence-electron chi connectivity index (χ4n) is 3.00. The van der Waals surface area contributed by atoms with Crippen molar-refractivity contribution < 1.29 is 14.3 Å². The lowest BCUT2D eigenvalue weighted by molar-refractivity contribution is -0.00225. The molecule has 1 saturated carbocycles. The second-order valence-corrected chi connectivity index (χ2v) is 6.15. The molecule has 22 heavy (non-hydrogen) atoms. The molecular weight excluding hydrogens is 278 g/mol. The van der Waals surface area contributed by atoms with Crippen molar-refractivity contribution in [2.75, 3.05) is 20.8 Å². The maximum absolute atomic E-state index is 11.5. The highest BCUT2D eigenvalue weighted by Crippen LogP contribution is 2.33. The topological polar surface area (TPSA) is 38.8 Å². The molecule has 0 saturated heterocycles. The lowest BCUT2D eigenvalue weighted by atomic mass is 9.83. The summed E-state index contributed by atoms with van der Waals surface area (Å²) < 4.78 is 10.7. The second kappa shape index (κ2) is 8.18. The molecule has 4 nitrogen and oxygen atoms in total. The summed E-state index contributed by atoms with van der Waals surface area (Å²) in [7, 11) is 3.14. The van der Waals surface area contributed by atoms with Crippen molar-refractivity contribution >= 4 is 6.09 Å². The van der Waals surface area contributed by atoms with Crippen LogP contribution in [0, 0.1) is 0 Å². The summed E-state index contributed by atoms with van der Waals surface area (Å²) in [6, 6.07) is 10.8. The van der Waals surface area contributed by atoms with Crippen LogP contribution in [-0.4, -0.2) is 43.9 Å². The van der Waals surface area contributed by atoms with E-state index in [0.717, 1.165) is 12.8 Å². The number of likely N-dealkylation sites (N-methyl/N-ethyl adjacent to an activating group) is 1. The van der Waals surface area contributed by atoms with Gasteiger partial charge in [0.2, 0.25) is 0 Å². The van der Waals surface area contributed by atoms with Gasteiger partial charge in [-0.3, -0.25) is 0 Å². The van der Waals surface area contributed by atoms with Gasteiger partial charge >= 0.3 is 6.09 Å². The lowest BCUT2D eigenvalue weighted by Crippen LogP contribution is -2.39. The van der Waals surface area contributed by atoms with Gasteiger partial charge in [0.05, 0.1) is 25.9 Å². The molecule has 4 heteroatoms. The number of rotatable bonds is 5. The smallest absolute Gasteiger partial charge is 0.409 e. The fraction of sp³-hybridized carbons (Fsp3) is 0.611. The summed E-state index contributed by atoms with van der Waals surface area (Å²) >= 11 is 0. The second-order valence-electron chi connectivity index (χ2n) is 6.15. The van der Waals surface area contributed by atoms with Crippen molar-refractivity contribution in [1.82, 2.24) is 4.90 Å². The number of hydrogen-bond acceptors (Lipinski definition) is 3. The number of amides is 1. The van der Waals surface area contributed by atoms with Crippen molar-refractivity contribution in [3.63, 3.8) is 0 Å². The Morgan fingerprint density at radius 3 is 2.45 bits per heavy atom. The van der Waals surface area contributed by atoms with Crippen LogP contribution in [-0.2, 0) is 9.47 Å². The minimum Gasteiger partial charge on any atom is -0.453 e. The summed E-state index contributed by atoms with van der Waals surface area (Å²) in [4.78, 5) is 13.0. The van der Waals surface area contributed by atoms with Gasteiger partial charge in [-0.1, -0.05) is 30.3 Å². The number of methoxy groups -OCH3 is 1. The van der Waals surface area contributed by atoms with Crippen LogP contribution in [0.2, 0.25) is 0 Å². The van der Waals surface area contributed by atoms with Crippen molar-refractivity contribution in [2.45, 2.75) is 50.7 Å². The number of ether oxygens (including phenoxy) is 2. The van der Waals surface area contributed by atoms with Gasteiger partial charge in [0.15, 0.2) is 0 Å². The molecule has 122 valence electrons. The van der Waals surface area contributed by atoms with E-state index in [0.29, 0.717) is 18.6 Å². The first-order chi connectivity index (χ1) is 10.6. The Balaban J connectivity index is 1.73. The Hall–Kier alpha value is -1.55. The average Bonchev–Trinajstić information content (AvgIpc) is 2.59. The first-order valence-electron chi connectivity index (χ1n) is 8.09. The Kier molecular flexibility index (Phi) is 6.25. The molecule has 1 atom stereocenters. The van der Waals surface area contributed by atoms with Gasteiger partial charge < -0.3 is 14.4 Å². The van der Waals surface area contributed by atoms with E-state index in [1.165, 1.54) is 25.5 Å². The van der Waals surface area contributed by atoms with Gasteiger partial charge in [-0.2, -0.15) is 0 Å². The highest BCUT2D eigenvalue weighted by molar-refractivity contribution is 5.67. The molecule has 0 aromatic heterocycles. The summed E-state index contributed by atoms with van der Waals surface area (Å²) in [5.74, 6) is 0.663. The molecule has 2 rings (SSSR count). The van der Waals surface area contributed by atoms with Crippen LogP contribution >= 0.6 is 0 Å². The van der Waals surface area contributed by atoms with E-state index in [9.17, 15) is 4.79 Å². The zero-order valence-electron chi connectivity index (χ0n) is 13.8. The van der Waals surface area contributed by atoms with Gasteiger partial charge in [0.1, 0.15) is 0 Å². The van der Waals surface area contributed by atoms with E-state index in [1.54, 1.807) is 11.9 Å². The van der Waals surface area contributed by atoms with Crippen molar-refractivity contribution in [3.05, 3.63) is 35.9 Å². The standard InChI is InChI=1S/C18H27NO3/c1-14(19(2)18(20)21-3)13-22-17-11-9-16(10-12-17)15-7-5-4-6-8-15/h4-8,14,16-17H,9-13H2,1-3H3/t14-,16-,17+/m1/s1. The van der Waals surface area contributed by atoms with Crippen LogP contribution in [0.4, 0.5) is 4.79 Å². The summed E-state index contributed by atoms with van der Waals surface area (Å²) in [6.07, 6.45) is 4.53. The minimum atomic E-state index is -0.316. The number of benzene rings is 1. The van der Waals surface area contributed by atoms with Crippen LogP contribution in [0.3, 0.4) is 0 Å². The first kappa shape index (κ1) is 16.8. The Bertz CT molecular complexity index is 455. The molecule has 0 aliphatic heterocycles. The molecular formula is C18H27NO3. The maximum atomic E-state index is 11.5. The highest BCUT2D eigenvalue weighted by atomic mass is 16.5. The van der Waals surface area contributed by atoms with Crippen molar-refractivity contribution in [1.29, 1.82) is 0 Å². The molecule has 0 N–H and O–H groups in total. The Labute approximate surface area is 133 Å². The van der Waals surface area contributed by atoms with Gasteiger partial charge in [-0.15, -0.1) is 0 Å². The SMILES string of the molecule is COC(=O)N(C)[C@H](C)CO[C@H]1CC[C@@H](c2ccccc2)CC1. The lowest BCUT2D eigenvalue weighted by Gasteiger charge is -2.31. The third-order valence-electron chi connectivity index (χ3n) is 4.64. The number of hydrogen-bond donors (Lipinski definition) is 0. The molecule has 1 aliphatic carbocycles. The largest absolute Gasteiger partial charge is 0.453 e. The van der Waals surface area contributed by atoms with E-state index >= 15 is 0 Å². The average molecular weight is 305 g/mol. The van der Waals surface area contributed by atoms with Gasteiger partial charge in [-0.05, 0) is 44.1 Å². The van der Waals surface area contributed by atoms with Crippen LogP contribution < -0.4 is 0 Å². The monoisotopic (exact) mass is 305 g/mol. The number of carbonyl (C=O) groups is 1. The molecule has 0 radical (unpaired) electrons. The zero-order valence-corrected chi connectivity index (χ0v) is 13.8. The fourth-order valence-corrected chi connectivity index (χ4v) is 3.00. The van der Waals surface area contributed by atoms with E-state index in [1.807, 2.05) is 6.92 Å². The predicted molar refractivity (Wildman–Crippen MR) is 87.0 cm³/mol. The summed E-state index contributed by atoms with van der Waals surface area (Å²) in [5.41, 5.74) is 1.44. The van der Waals surface area contributed by atoms with Crippen molar-refractivity contribution in [3.8, 4) is 0 Å². The molecule has 0 spiro atoms. The van der Waals surface area contributed by atoms with Crippen LogP contribution in [0.15, 0.2) is 30.3 Å². The number of nitrogens with zero attached hydrogens (tertiary/aromatic N) is 1. The quantitative estimate of drug-likeness (QED) is 0.830. The van der Waals surface area contributed by atoms with Gasteiger partial charge in [0.25, 0.3) is 0 Å². The third-order valence-corrected chi connectivity index (χ3v) is 4.64. The third kappa shape index (κ3) is 4.47. The molecule has 1 aromatic rings. The highest BCUT2D eigenvalue weighted by Gasteiger charge is 2.24. The van der Waals surface area contributed by atoms with E-state index < -0.39 is 0 Å². The predicted octanol–water partition coefficient (Wildman–Crippen LogP) is 3.82. The molecule has 0 bridgehead atoms. The van der Waals surface area contributed by atoms with Crippen LogP contribution in [0.5, 0.6) is 0 Å². The molecule has 1 amide bonds. The zero-order chi connectivity index (χ0) is 15.9. The van der Waals surface area contributed by atoms with E-state index in [-0.39, 0.29) is 12.1 Å². The number of carbonyl (C=O) groups excluding carboxylic acids is 1. The van der Waals surface area contributed by atoms with Crippen LogP contribution in [0.1, 0.15) is 44.1 Å². The molecule has 0 heterocycles. The van der Waals surface area contributed by atoms with E-state index in [2.05, 4.69) is 30.3 Å². The molecule has 0 unspecified atom stereocenters. The molecule has 1 fully saturated rings. The maximum Gasteiger partial charge on any atom is 0.409 e. The Morgan fingerprint density at radius 2 is 1.86 bits per heavy atom. The first-order valence-corrected chi connectivity index (χ1v) is 8.09. The van der Waals surface area contributed by atoms with Crippen molar-refractivity contribution in [2.24, 2.45) is 0 Å². The van der Waals surface area contributed by atoms with Gasteiger partial charge in [0, 0.05) is 7.05 Å². The van der Waals surface area contributed by atoms with Gasteiger partial charge in [-0.25, -0.2) is 4.79 Å². The minimum absolute atomic E-state index is 0.0271. The summed E-state index contributed by atoms with van der Waals surface area (Å²) in [6.45, 7) is 2.54. The summed E-state index contributed by atoms with van der Waals surface area (Å²) in [5, 5.41) is 0. The molecule has 1 aromatic carbocycles. The van der Waals surface area contributed by atoms with Crippen LogP contribution in [0.25, 0.3) is 0 Å².